The Morgan fingerprint density at radius 1 is 1.23 bits per heavy atom. The zero-order valence-corrected chi connectivity index (χ0v) is 19.0. The number of imidazole rings is 1. The molecule has 0 amide bonds. The minimum atomic E-state index is -3.65. The van der Waals surface area contributed by atoms with Gasteiger partial charge < -0.3 is 14.2 Å². The molecule has 0 unspecified atom stereocenters. The number of aryl methyl sites for hydroxylation is 1. The second kappa shape index (κ2) is 7.60. The molecule has 0 spiro atoms. The minimum absolute atomic E-state index is 0.00656. The van der Waals surface area contributed by atoms with E-state index in [1.54, 1.807) is 6.20 Å². The molecule has 0 saturated carbocycles. The van der Waals surface area contributed by atoms with Gasteiger partial charge in [-0.3, -0.25) is 0 Å². The molecule has 10 heteroatoms. The number of nitrogens with zero attached hydrogens (tertiary/aromatic N) is 5. The normalized spacial score (nSPS) is 16.6. The molecular formula is C21H25N5O4S. The highest BCUT2D eigenvalue weighted by Gasteiger charge is 2.35. The van der Waals surface area contributed by atoms with Crippen LogP contribution in [0.2, 0.25) is 0 Å². The summed E-state index contributed by atoms with van der Waals surface area (Å²) >= 11 is 0. The van der Waals surface area contributed by atoms with Gasteiger partial charge in [0.05, 0.1) is 34.6 Å². The quantitative estimate of drug-likeness (QED) is 0.566. The Morgan fingerprint density at radius 3 is 2.58 bits per heavy atom. The van der Waals surface area contributed by atoms with Crippen LogP contribution in [0.15, 0.2) is 29.3 Å². The van der Waals surface area contributed by atoms with Crippen LogP contribution >= 0.6 is 0 Å². The maximum absolute atomic E-state index is 12.4. The van der Waals surface area contributed by atoms with E-state index >= 15 is 0 Å². The third kappa shape index (κ3) is 3.65. The topological polar surface area (TPSA) is 107 Å². The molecule has 9 nitrogen and oxygen atoms in total. The summed E-state index contributed by atoms with van der Waals surface area (Å²) in [4.78, 5) is 28.2. The maximum Gasteiger partial charge on any atom is 0.339 e. The predicted octanol–water partition coefficient (Wildman–Crippen LogP) is 2.54. The van der Waals surface area contributed by atoms with Gasteiger partial charge in [-0.25, -0.2) is 28.2 Å². The Balaban J connectivity index is 1.93. The predicted molar refractivity (Wildman–Crippen MR) is 116 cm³/mol. The molecule has 31 heavy (non-hydrogen) atoms. The number of methoxy groups -OCH3 is 1. The van der Waals surface area contributed by atoms with Crippen molar-refractivity contribution in [1.29, 1.82) is 0 Å². The van der Waals surface area contributed by atoms with Gasteiger partial charge in [-0.2, -0.15) is 0 Å². The van der Waals surface area contributed by atoms with Crippen LogP contribution in [0.4, 0.5) is 5.95 Å². The molecule has 0 aliphatic carbocycles. The highest BCUT2D eigenvalue weighted by Crippen LogP contribution is 2.37. The van der Waals surface area contributed by atoms with Crippen molar-refractivity contribution in [2.24, 2.45) is 5.92 Å². The van der Waals surface area contributed by atoms with Crippen LogP contribution in [0.5, 0.6) is 0 Å². The van der Waals surface area contributed by atoms with Gasteiger partial charge in [-0.1, -0.05) is 13.8 Å². The van der Waals surface area contributed by atoms with Crippen molar-refractivity contribution in [3.63, 3.8) is 0 Å². The van der Waals surface area contributed by atoms with Crippen LogP contribution in [0.25, 0.3) is 11.0 Å². The summed E-state index contributed by atoms with van der Waals surface area (Å²) in [5, 5.41) is 0. The Hall–Kier alpha value is -3.01. The smallest absolute Gasteiger partial charge is 0.339 e. The first kappa shape index (κ1) is 21.2. The number of rotatable bonds is 4. The lowest BCUT2D eigenvalue weighted by Gasteiger charge is -2.38. The molecular weight excluding hydrogens is 418 g/mol. The Labute approximate surface area is 181 Å². The van der Waals surface area contributed by atoms with Gasteiger partial charge in [0.15, 0.2) is 9.84 Å². The Kier molecular flexibility index (Phi) is 5.20. The highest BCUT2D eigenvalue weighted by atomic mass is 32.2. The van der Waals surface area contributed by atoms with Gasteiger partial charge in [0.25, 0.3) is 0 Å². The SMILES string of the molecule is COC(=O)c1cc2nc3n(c2cc1S(C)(=O)=O)CCN(c1nccc(C)n1)[C@@H]3C(C)C. The van der Waals surface area contributed by atoms with Crippen molar-refractivity contribution < 1.29 is 17.9 Å². The van der Waals surface area contributed by atoms with Crippen LogP contribution in [-0.2, 0) is 21.1 Å². The number of aromatic nitrogens is 4. The second-order valence-electron chi connectivity index (χ2n) is 8.10. The van der Waals surface area contributed by atoms with Crippen LogP contribution in [-0.4, -0.2) is 53.8 Å². The molecule has 4 rings (SSSR count). The lowest BCUT2D eigenvalue weighted by atomic mass is 10.00. The molecule has 0 saturated heterocycles. The van der Waals surface area contributed by atoms with E-state index in [1.807, 2.05) is 17.6 Å². The van der Waals surface area contributed by atoms with Crippen molar-refractivity contribution >= 4 is 32.8 Å². The van der Waals surface area contributed by atoms with Crippen LogP contribution in [0, 0.1) is 12.8 Å². The van der Waals surface area contributed by atoms with Gasteiger partial charge in [-0.05, 0) is 31.0 Å². The number of carbonyl (C=O) groups excluding carboxylic acids is 1. The molecule has 0 N–H and O–H groups in total. The summed E-state index contributed by atoms with van der Waals surface area (Å²) in [5.41, 5.74) is 2.11. The summed E-state index contributed by atoms with van der Waals surface area (Å²) in [7, 11) is -2.42. The van der Waals surface area contributed by atoms with Crippen molar-refractivity contribution in [2.75, 3.05) is 24.8 Å². The van der Waals surface area contributed by atoms with Crippen LogP contribution < -0.4 is 4.90 Å². The highest BCUT2D eigenvalue weighted by molar-refractivity contribution is 7.90. The third-order valence-corrected chi connectivity index (χ3v) is 6.66. The van der Waals surface area contributed by atoms with E-state index in [4.69, 9.17) is 9.72 Å². The molecule has 0 radical (unpaired) electrons. The standard InChI is InChI=1S/C21H25N5O4S/c1-12(2)18-19-24-15-10-14(20(27)30-4)17(31(5,28)29)11-16(15)25(19)8-9-26(18)21-22-7-6-13(3)23-21/h6-7,10-12,18H,8-9H2,1-5H3/t18-/m1/s1. The van der Waals surface area contributed by atoms with Gasteiger partial charge in [0, 0.05) is 31.2 Å². The number of carbonyl (C=O) groups is 1. The first-order valence-corrected chi connectivity index (χ1v) is 11.9. The summed E-state index contributed by atoms with van der Waals surface area (Å²) in [6.07, 6.45) is 2.83. The largest absolute Gasteiger partial charge is 0.465 e. The molecule has 164 valence electrons. The molecule has 3 heterocycles. The van der Waals surface area contributed by atoms with Gasteiger partial charge in [-0.15, -0.1) is 0 Å². The van der Waals surface area contributed by atoms with E-state index < -0.39 is 15.8 Å². The molecule has 0 fully saturated rings. The fourth-order valence-corrected chi connectivity index (χ4v) is 5.02. The molecule has 2 aromatic heterocycles. The van der Waals surface area contributed by atoms with Gasteiger partial charge in [0.2, 0.25) is 5.95 Å². The van der Waals surface area contributed by atoms with E-state index in [0.29, 0.717) is 30.1 Å². The average molecular weight is 444 g/mol. The number of anilines is 1. The summed E-state index contributed by atoms with van der Waals surface area (Å²) in [6, 6.07) is 4.79. The molecule has 0 bridgehead atoms. The number of ether oxygens (including phenoxy) is 1. The molecule has 1 atom stereocenters. The maximum atomic E-state index is 12.4. The number of sulfone groups is 1. The van der Waals surface area contributed by atoms with Crippen molar-refractivity contribution in [1.82, 2.24) is 19.5 Å². The first-order chi connectivity index (χ1) is 14.6. The molecule has 1 aliphatic rings. The zero-order chi connectivity index (χ0) is 22.5. The Bertz CT molecular complexity index is 1280. The monoisotopic (exact) mass is 443 g/mol. The van der Waals surface area contributed by atoms with Crippen molar-refractivity contribution in [3.8, 4) is 0 Å². The molecule has 3 aromatic rings. The van der Waals surface area contributed by atoms with E-state index in [0.717, 1.165) is 17.8 Å². The van der Waals surface area contributed by atoms with Gasteiger partial charge in [0.1, 0.15) is 5.82 Å². The fraction of sp³-hybridized carbons (Fsp3) is 0.429. The van der Waals surface area contributed by atoms with Crippen LogP contribution in [0.1, 0.15) is 41.8 Å². The van der Waals surface area contributed by atoms with E-state index in [2.05, 4.69) is 28.7 Å². The average Bonchev–Trinajstić information content (AvgIpc) is 3.08. The number of benzene rings is 1. The van der Waals surface area contributed by atoms with Crippen molar-refractivity contribution in [2.45, 2.75) is 38.3 Å². The fourth-order valence-electron chi connectivity index (χ4n) is 4.15. The second-order valence-corrected chi connectivity index (χ2v) is 10.1. The number of hydrogen-bond acceptors (Lipinski definition) is 8. The van der Waals surface area contributed by atoms with E-state index in [9.17, 15) is 13.2 Å². The number of esters is 1. The third-order valence-electron chi connectivity index (χ3n) is 5.52. The first-order valence-electron chi connectivity index (χ1n) is 10.0. The van der Waals surface area contributed by atoms with E-state index in [-0.39, 0.29) is 22.4 Å². The molecule has 1 aliphatic heterocycles. The number of hydrogen-bond donors (Lipinski definition) is 0. The van der Waals surface area contributed by atoms with Gasteiger partial charge >= 0.3 is 5.97 Å². The lowest BCUT2D eigenvalue weighted by Crippen LogP contribution is -2.41. The lowest BCUT2D eigenvalue weighted by molar-refractivity contribution is 0.0596. The van der Waals surface area contributed by atoms with E-state index in [1.165, 1.54) is 19.2 Å². The number of fused-ring (bicyclic) bond motifs is 3. The Morgan fingerprint density at radius 2 is 1.97 bits per heavy atom. The zero-order valence-electron chi connectivity index (χ0n) is 18.2. The van der Waals surface area contributed by atoms with Crippen molar-refractivity contribution in [3.05, 3.63) is 41.5 Å². The van der Waals surface area contributed by atoms with Crippen LogP contribution in [0.3, 0.4) is 0 Å². The minimum Gasteiger partial charge on any atom is -0.465 e. The summed E-state index contributed by atoms with van der Waals surface area (Å²) in [6.45, 7) is 7.37. The summed E-state index contributed by atoms with van der Waals surface area (Å²) in [5.74, 6) is 0.921. The molecule has 1 aromatic carbocycles. The summed E-state index contributed by atoms with van der Waals surface area (Å²) < 4.78 is 31.6.